The number of nitrogens with zero attached hydrogens (tertiary/aromatic N) is 1. The first-order valence-electron chi connectivity index (χ1n) is 6.75. The summed E-state index contributed by atoms with van der Waals surface area (Å²) in [7, 11) is -3.04. The lowest BCUT2D eigenvalue weighted by Crippen LogP contribution is -2.45. The van der Waals surface area contributed by atoms with Crippen LogP contribution < -0.4 is 5.32 Å². The summed E-state index contributed by atoms with van der Waals surface area (Å²) in [6.07, 6.45) is 5.62. The van der Waals surface area contributed by atoms with Crippen LogP contribution in [0.2, 0.25) is 0 Å². The molecule has 1 aromatic heterocycles. The highest BCUT2D eigenvalue weighted by Gasteiger charge is 2.26. The molecule has 0 saturated carbocycles. The zero-order chi connectivity index (χ0) is 13.9. The average Bonchev–Trinajstić information content (AvgIpc) is 2.89. The third-order valence-electron chi connectivity index (χ3n) is 3.65. The van der Waals surface area contributed by atoms with E-state index in [0.717, 1.165) is 25.0 Å². The van der Waals surface area contributed by atoms with Crippen molar-refractivity contribution >= 4 is 10.0 Å². The summed E-state index contributed by atoms with van der Waals surface area (Å²) < 4.78 is 29.9. The summed E-state index contributed by atoms with van der Waals surface area (Å²) >= 11 is 0. The van der Waals surface area contributed by atoms with Gasteiger partial charge in [0, 0.05) is 19.1 Å². The molecule has 19 heavy (non-hydrogen) atoms. The van der Waals surface area contributed by atoms with Gasteiger partial charge < -0.3 is 9.73 Å². The van der Waals surface area contributed by atoms with Gasteiger partial charge in [-0.3, -0.25) is 0 Å². The Morgan fingerprint density at radius 2 is 2.16 bits per heavy atom. The highest BCUT2D eigenvalue weighted by atomic mass is 32.2. The van der Waals surface area contributed by atoms with Crippen molar-refractivity contribution < 1.29 is 12.8 Å². The lowest BCUT2D eigenvalue weighted by Gasteiger charge is -2.32. The summed E-state index contributed by atoms with van der Waals surface area (Å²) in [4.78, 5) is 0. The van der Waals surface area contributed by atoms with E-state index < -0.39 is 10.0 Å². The Morgan fingerprint density at radius 3 is 2.63 bits per heavy atom. The zero-order valence-electron chi connectivity index (χ0n) is 11.5. The van der Waals surface area contributed by atoms with Crippen molar-refractivity contribution in [1.29, 1.82) is 0 Å². The molecule has 1 aliphatic rings. The van der Waals surface area contributed by atoms with E-state index in [9.17, 15) is 8.42 Å². The van der Waals surface area contributed by atoms with Crippen LogP contribution in [-0.4, -0.2) is 38.1 Å². The molecule has 108 valence electrons. The van der Waals surface area contributed by atoms with Crippen molar-refractivity contribution in [3.05, 3.63) is 24.2 Å². The maximum Gasteiger partial charge on any atom is 0.211 e. The van der Waals surface area contributed by atoms with Crippen LogP contribution in [-0.2, 0) is 10.0 Å². The van der Waals surface area contributed by atoms with E-state index in [-0.39, 0.29) is 6.04 Å². The fraction of sp³-hybridized carbons (Fsp3) is 0.692. The molecule has 1 aliphatic heterocycles. The maximum atomic E-state index is 11.4. The highest BCUT2D eigenvalue weighted by molar-refractivity contribution is 7.88. The minimum Gasteiger partial charge on any atom is -0.468 e. The predicted molar refractivity (Wildman–Crippen MR) is 74.3 cm³/mol. The molecule has 2 rings (SSSR count). The second-order valence-corrected chi connectivity index (χ2v) is 7.06. The first-order valence-corrected chi connectivity index (χ1v) is 8.60. The zero-order valence-corrected chi connectivity index (χ0v) is 12.3. The first kappa shape index (κ1) is 14.6. The number of sulfonamides is 1. The normalized spacial score (nSPS) is 20.5. The van der Waals surface area contributed by atoms with Gasteiger partial charge >= 0.3 is 0 Å². The summed E-state index contributed by atoms with van der Waals surface area (Å²) in [5.74, 6) is 0.952. The van der Waals surface area contributed by atoms with Crippen LogP contribution in [0, 0.1) is 0 Å². The Balaban J connectivity index is 1.88. The molecule has 1 aromatic rings. The van der Waals surface area contributed by atoms with Crippen LogP contribution >= 0.6 is 0 Å². The van der Waals surface area contributed by atoms with E-state index in [0.29, 0.717) is 19.1 Å². The summed E-state index contributed by atoms with van der Waals surface area (Å²) in [5, 5.41) is 3.56. The lowest BCUT2D eigenvalue weighted by atomic mass is 10.0. The maximum absolute atomic E-state index is 11.4. The fourth-order valence-corrected chi connectivity index (χ4v) is 3.40. The molecule has 0 bridgehead atoms. The van der Waals surface area contributed by atoms with Gasteiger partial charge in [0.1, 0.15) is 5.76 Å². The number of hydrogen-bond donors (Lipinski definition) is 1. The number of rotatable bonds is 5. The minimum atomic E-state index is -3.04. The molecular weight excluding hydrogens is 264 g/mol. The van der Waals surface area contributed by atoms with Crippen LogP contribution in [0.15, 0.2) is 22.8 Å². The van der Waals surface area contributed by atoms with Crippen LogP contribution in [0.3, 0.4) is 0 Å². The lowest BCUT2D eigenvalue weighted by molar-refractivity contribution is 0.262. The SMILES string of the molecule is CCC(NC1CCN(S(C)(=O)=O)CC1)c1ccco1. The van der Waals surface area contributed by atoms with Gasteiger partial charge in [-0.15, -0.1) is 0 Å². The van der Waals surface area contributed by atoms with Crippen LogP contribution in [0.5, 0.6) is 0 Å². The molecular formula is C13H22N2O3S. The average molecular weight is 286 g/mol. The van der Waals surface area contributed by atoms with Gasteiger partial charge in [0.05, 0.1) is 18.6 Å². The molecule has 1 fully saturated rings. The molecule has 0 radical (unpaired) electrons. The number of hydrogen-bond acceptors (Lipinski definition) is 4. The molecule has 0 amide bonds. The molecule has 0 aliphatic carbocycles. The largest absolute Gasteiger partial charge is 0.468 e. The fourth-order valence-electron chi connectivity index (χ4n) is 2.53. The number of piperidine rings is 1. The standard InChI is InChI=1S/C13H22N2O3S/c1-3-12(13-5-4-10-18-13)14-11-6-8-15(9-7-11)19(2,16)17/h4-5,10-12,14H,3,6-9H2,1-2H3. The van der Waals surface area contributed by atoms with Gasteiger partial charge in [-0.2, -0.15) is 0 Å². The van der Waals surface area contributed by atoms with Crippen molar-refractivity contribution in [1.82, 2.24) is 9.62 Å². The number of furan rings is 1. The van der Waals surface area contributed by atoms with Crippen molar-refractivity contribution in [2.45, 2.75) is 38.3 Å². The summed E-state index contributed by atoms with van der Waals surface area (Å²) in [6.45, 7) is 3.32. The second kappa shape index (κ2) is 6.07. The first-order chi connectivity index (χ1) is 9.00. The van der Waals surface area contributed by atoms with Gasteiger partial charge in [-0.05, 0) is 31.4 Å². The monoisotopic (exact) mass is 286 g/mol. The number of nitrogens with one attached hydrogen (secondary N) is 1. The topological polar surface area (TPSA) is 62.6 Å². The molecule has 0 spiro atoms. The molecule has 0 aromatic carbocycles. The van der Waals surface area contributed by atoms with Gasteiger partial charge in [0.15, 0.2) is 0 Å². The minimum absolute atomic E-state index is 0.213. The Hall–Kier alpha value is -0.850. The molecule has 1 N–H and O–H groups in total. The van der Waals surface area contributed by atoms with Gasteiger partial charge in [-0.1, -0.05) is 6.92 Å². The van der Waals surface area contributed by atoms with E-state index in [1.165, 1.54) is 6.26 Å². The van der Waals surface area contributed by atoms with E-state index in [1.807, 2.05) is 12.1 Å². The molecule has 6 heteroatoms. The smallest absolute Gasteiger partial charge is 0.211 e. The van der Waals surface area contributed by atoms with Crippen LogP contribution in [0.4, 0.5) is 0 Å². The van der Waals surface area contributed by atoms with Crippen LogP contribution in [0.1, 0.15) is 38.0 Å². The third kappa shape index (κ3) is 3.81. The van der Waals surface area contributed by atoms with Gasteiger partial charge in [0.2, 0.25) is 10.0 Å². The van der Waals surface area contributed by atoms with Crippen molar-refractivity contribution in [3.63, 3.8) is 0 Å². The molecule has 5 nitrogen and oxygen atoms in total. The Morgan fingerprint density at radius 1 is 1.47 bits per heavy atom. The Kier molecular flexibility index (Phi) is 4.65. The van der Waals surface area contributed by atoms with E-state index in [4.69, 9.17) is 4.42 Å². The quantitative estimate of drug-likeness (QED) is 0.895. The van der Waals surface area contributed by atoms with Crippen molar-refractivity contribution in [3.8, 4) is 0 Å². The van der Waals surface area contributed by atoms with Crippen LogP contribution in [0.25, 0.3) is 0 Å². The second-order valence-electron chi connectivity index (χ2n) is 5.08. The molecule has 1 atom stereocenters. The highest BCUT2D eigenvalue weighted by Crippen LogP contribution is 2.21. The van der Waals surface area contributed by atoms with Gasteiger partial charge in [0.25, 0.3) is 0 Å². The van der Waals surface area contributed by atoms with Crippen molar-refractivity contribution in [2.24, 2.45) is 0 Å². The van der Waals surface area contributed by atoms with E-state index in [1.54, 1.807) is 10.6 Å². The summed E-state index contributed by atoms with van der Waals surface area (Å²) in [6, 6.07) is 4.44. The van der Waals surface area contributed by atoms with E-state index in [2.05, 4.69) is 12.2 Å². The Labute approximate surface area is 115 Å². The third-order valence-corrected chi connectivity index (χ3v) is 4.96. The molecule has 1 saturated heterocycles. The predicted octanol–water partition coefficient (Wildman–Crippen LogP) is 1.74. The molecule has 1 unspecified atom stereocenters. The van der Waals surface area contributed by atoms with E-state index >= 15 is 0 Å². The Bertz CT molecular complexity index is 476. The van der Waals surface area contributed by atoms with Gasteiger partial charge in [-0.25, -0.2) is 12.7 Å². The molecule has 2 heterocycles. The summed E-state index contributed by atoms with van der Waals surface area (Å²) in [5.41, 5.74) is 0. The van der Waals surface area contributed by atoms with Crippen molar-refractivity contribution in [2.75, 3.05) is 19.3 Å².